The Morgan fingerprint density at radius 1 is 1.69 bits per heavy atom. The van der Waals surface area contributed by atoms with E-state index < -0.39 is 26.8 Å². The molecule has 0 amide bonds. The molecule has 0 aliphatic carbocycles. The van der Waals surface area contributed by atoms with Crippen LogP contribution in [-0.4, -0.2) is 39.6 Å². The average molecular weight is 249 g/mol. The van der Waals surface area contributed by atoms with Gasteiger partial charge in [0, 0.05) is 12.6 Å². The van der Waals surface area contributed by atoms with Crippen LogP contribution in [0, 0.1) is 0 Å². The number of carboxylic acid groups (broad SMARTS) is 1. The second-order valence-electron chi connectivity index (χ2n) is 3.57. The number of nitrogens with one attached hydrogen (secondary N) is 1. The molecule has 0 bridgehead atoms. The highest BCUT2D eigenvalue weighted by atomic mass is 32.2. The van der Waals surface area contributed by atoms with Crippen molar-refractivity contribution in [3.63, 3.8) is 0 Å². The Morgan fingerprint density at radius 2 is 2.25 bits per heavy atom. The van der Waals surface area contributed by atoms with Gasteiger partial charge in [-0.2, -0.15) is 8.42 Å². The number of aliphatic carboxylic acids is 1. The Hall–Kier alpha value is -1.45. The van der Waals surface area contributed by atoms with Gasteiger partial charge in [0.2, 0.25) is 0 Å². The number of carboxylic acids is 1. The number of rotatable bonds is 4. The summed E-state index contributed by atoms with van der Waals surface area (Å²) in [6.07, 6.45) is 1.02. The molecule has 1 aromatic heterocycles. The van der Waals surface area contributed by atoms with Crippen LogP contribution in [0.15, 0.2) is 11.4 Å². The van der Waals surface area contributed by atoms with Crippen LogP contribution in [0.1, 0.15) is 12.6 Å². The minimum atomic E-state index is -4.41. The zero-order valence-corrected chi connectivity index (χ0v) is 9.15. The summed E-state index contributed by atoms with van der Waals surface area (Å²) in [5, 5.41) is 8.10. The highest BCUT2D eigenvalue weighted by Gasteiger charge is 2.29. The maximum absolute atomic E-state index is 10.7. The van der Waals surface area contributed by atoms with Crippen molar-refractivity contribution in [3.8, 4) is 0 Å². The fourth-order valence-corrected chi connectivity index (χ4v) is 1.46. The van der Waals surface area contributed by atoms with Crippen molar-refractivity contribution < 1.29 is 22.9 Å². The molecule has 8 nitrogen and oxygen atoms in total. The van der Waals surface area contributed by atoms with Crippen molar-refractivity contribution >= 4 is 16.1 Å². The van der Waals surface area contributed by atoms with Gasteiger partial charge in [-0.05, 0) is 6.92 Å². The molecule has 0 aromatic carbocycles. The lowest BCUT2D eigenvalue weighted by molar-refractivity contribution is -0.142. The number of carbonyl (C=O) groups is 1. The molecule has 1 rings (SSSR count). The van der Waals surface area contributed by atoms with E-state index in [0.717, 1.165) is 0 Å². The lowest BCUT2D eigenvalue weighted by Gasteiger charge is -2.16. The van der Waals surface area contributed by atoms with Crippen molar-refractivity contribution in [1.82, 2.24) is 9.97 Å². The Balaban J connectivity index is 2.93. The fraction of sp³-hybridized carbons (Fsp3) is 0.429. The standard InChI is InChI=1S/C7H11N3O5S/c1-7(8,5(11)12)2-4-3-9-6(10-4)16(13,14)15/h3H,2,8H2,1H3,(H,9,10)(H,11,12)(H,13,14,15). The first kappa shape index (κ1) is 12.6. The Kier molecular flexibility index (Phi) is 3.03. The van der Waals surface area contributed by atoms with Gasteiger partial charge in [0.05, 0.1) is 5.69 Å². The molecular weight excluding hydrogens is 238 g/mol. The summed E-state index contributed by atoms with van der Waals surface area (Å²) < 4.78 is 30.0. The number of aromatic nitrogens is 2. The van der Waals surface area contributed by atoms with E-state index in [-0.39, 0.29) is 12.1 Å². The zero-order chi connectivity index (χ0) is 12.6. The number of nitrogens with zero attached hydrogens (tertiary/aromatic N) is 1. The summed E-state index contributed by atoms with van der Waals surface area (Å²) in [5.74, 6) is -1.23. The molecule has 16 heavy (non-hydrogen) atoms. The van der Waals surface area contributed by atoms with Crippen molar-refractivity contribution in [2.45, 2.75) is 24.0 Å². The molecule has 5 N–H and O–H groups in total. The molecule has 0 fully saturated rings. The van der Waals surface area contributed by atoms with E-state index in [9.17, 15) is 13.2 Å². The number of imidazole rings is 1. The van der Waals surface area contributed by atoms with Gasteiger partial charge >= 0.3 is 16.1 Å². The first-order chi connectivity index (χ1) is 7.13. The minimum Gasteiger partial charge on any atom is -0.480 e. The van der Waals surface area contributed by atoms with E-state index in [1.165, 1.54) is 13.1 Å². The monoisotopic (exact) mass is 249 g/mol. The van der Waals surface area contributed by atoms with E-state index in [2.05, 4.69) is 9.97 Å². The third kappa shape index (κ3) is 2.78. The third-order valence-corrected chi connectivity index (χ3v) is 2.59. The Bertz CT molecular complexity index is 504. The van der Waals surface area contributed by atoms with Crippen molar-refractivity contribution in [3.05, 3.63) is 11.9 Å². The number of nitrogens with two attached hydrogens (primary N) is 1. The molecule has 90 valence electrons. The largest absolute Gasteiger partial charge is 0.480 e. The summed E-state index contributed by atoms with van der Waals surface area (Å²) in [6.45, 7) is 1.27. The molecule has 1 heterocycles. The summed E-state index contributed by atoms with van der Waals surface area (Å²) in [5.41, 5.74) is 4.03. The maximum Gasteiger partial charge on any atom is 0.328 e. The lowest BCUT2D eigenvalue weighted by Crippen LogP contribution is -2.46. The molecule has 0 radical (unpaired) electrons. The van der Waals surface area contributed by atoms with Crippen LogP contribution in [0.4, 0.5) is 0 Å². The number of H-pyrrole nitrogens is 1. The van der Waals surface area contributed by atoms with E-state index >= 15 is 0 Å². The number of hydrogen-bond donors (Lipinski definition) is 4. The van der Waals surface area contributed by atoms with Crippen LogP contribution in [0.3, 0.4) is 0 Å². The first-order valence-electron chi connectivity index (χ1n) is 4.17. The molecule has 0 aliphatic rings. The summed E-state index contributed by atoms with van der Waals surface area (Å²) in [6, 6.07) is 0. The van der Waals surface area contributed by atoms with Gasteiger partial charge in [-0.15, -0.1) is 0 Å². The van der Waals surface area contributed by atoms with Gasteiger partial charge in [-0.1, -0.05) is 0 Å². The Morgan fingerprint density at radius 3 is 2.62 bits per heavy atom. The first-order valence-corrected chi connectivity index (χ1v) is 5.61. The van der Waals surface area contributed by atoms with Crippen molar-refractivity contribution in [1.29, 1.82) is 0 Å². The van der Waals surface area contributed by atoms with Crippen LogP contribution >= 0.6 is 0 Å². The number of aromatic amines is 1. The molecule has 0 saturated carbocycles. The topological polar surface area (TPSA) is 146 Å². The van der Waals surface area contributed by atoms with E-state index in [1.54, 1.807) is 0 Å². The lowest BCUT2D eigenvalue weighted by atomic mass is 9.98. The molecule has 1 aromatic rings. The van der Waals surface area contributed by atoms with Gasteiger partial charge in [0.25, 0.3) is 5.16 Å². The van der Waals surface area contributed by atoms with Gasteiger partial charge in [0.1, 0.15) is 5.54 Å². The van der Waals surface area contributed by atoms with Crippen molar-refractivity contribution in [2.24, 2.45) is 5.73 Å². The van der Waals surface area contributed by atoms with E-state index in [0.29, 0.717) is 0 Å². The highest BCUT2D eigenvalue weighted by Crippen LogP contribution is 2.11. The quantitative estimate of drug-likeness (QED) is 0.500. The van der Waals surface area contributed by atoms with E-state index in [1.807, 2.05) is 0 Å². The van der Waals surface area contributed by atoms with Gasteiger partial charge in [0.15, 0.2) is 0 Å². The van der Waals surface area contributed by atoms with Crippen molar-refractivity contribution in [2.75, 3.05) is 0 Å². The van der Waals surface area contributed by atoms with Gasteiger partial charge < -0.3 is 15.8 Å². The SMILES string of the molecule is CC(N)(Cc1c[nH]c(S(=O)(=O)O)n1)C(=O)O. The number of hydrogen-bond acceptors (Lipinski definition) is 5. The predicted octanol–water partition coefficient (Wildman–Crippen LogP) is -0.999. The molecule has 1 atom stereocenters. The van der Waals surface area contributed by atoms with Gasteiger partial charge in [-0.25, -0.2) is 4.98 Å². The van der Waals surface area contributed by atoms with Crippen LogP contribution < -0.4 is 5.73 Å². The average Bonchev–Trinajstić information content (AvgIpc) is 2.50. The molecule has 1 unspecified atom stereocenters. The molecule has 0 saturated heterocycles. The summed E-state index contributed by atoms with van der Waals surface area (Å²) >= 11 is 0. The second kappa shape index (κ2) is 3.85. The van der Waals surface area contributed by atoms with Crippen LogP contribution in [0.5, 0.6) is 0 Å². The molecule has 0 aliphatic heterocycles. The predicted molar refractivity (Wildman–Crippen MR) is 52.3 cm³/mol. The normalized spacial score (nSPS) is 15.7. The van der Waals surface area contributed by atoms with Crippen LogP contribution in [0.25, 0.3) is 0 Å². The van der Waals surface area contributed by atoms with Gasteiger partial charge in [-0.3, -0.25) is 9.35 Å². The van der Waals surface area contributed by atoms with Crippen LogP contribution in [-0.2, 0) is 21.3 Å². The van der Waals surface area contributed by atoms with E-state index in [4.69, 9.17) is 15.4 Å². The minimum absolute atomic E-state index is 0.139. The smallest absolute Gasteiger partial charge is 0.328 e. The molecular formula is C7H11N3O5S. The maximum atomic E-state index is 10.7. The molecule has 9 heteroatoms. The zero-order valence-electron chi connectivity index (χ0n) is 8.34. The fourth-order valence-electron chi connectivity index (χ4n) is 1.01. The summed E-state index contributed by atoms with van der Waals surface area (Å²) in [7, 11) is -4.41. The summed E-state index contributed by atoms with van der Waals surface area (Å²) in [4.78, 5) is 16.4. The highest BCUT2D eigenvalue weighted by molar-refractivity contribution is 7.85. The third-order valence-electron chi connectivity index (χ3n) is 1.89. The molecule has 0 spiro atoms. The second-order valence-corrected chi connectivity index (χ2v) is 4.91. The van der Waals surface area contributed by atoms with Crippen LogP contribution in [0.2, 0.25) is 0 Å². The Labute approximate surface area is 91.2 Å².